The number of nitrogens with one attached hydrogen (secondary N) is 2. The van der Waals surface area contributed by atoms with Gasteiger partial charge in [0.1, 0.15) is 11.2 Å². The molecule has 1 aliphatic heterocycles. The molecule has 4 rings (SSSR count). The molecule has 6 heteroatoms. The summed E-state index contributed by atoms with van der Waals surface area (Å²) in [5.74, 6) is 0. The highest BCUT2D eigenvalue weighted by molar-refractivity contribution is 5.91. The number of aromatic nitrogens is 4. The van der Waals surface area contributed by atoms with E-state index < -0.39 is 0 Å². The maximum Gasteiger partial charge on any atom is 0.135 e. The molecule has 1 saturated heterocycles. The van der Waals surface area contributed by atoms with Crippen molar-refractivity contribution in [2.24, 2.45) is 0 Å². The zero-order valence-corrected chi connectivity index (χ0v) is 21.4. The molecule has 3 aromatic rings. The number of nitrogens with zero attached hydrogens (tertiary/aromatic N) is 4. The Hall–Kier alpha value is -3.64. The number of hydrogen-bond donors (Lipinski definition) is 2. The van der Waals surface area contributed by atoms with Gasteiger partial charge in [-0.25, -0.2) is 4.98 Å². The predicted octanol–water partition coefficient (Wildman–Crippen LogP) is 5.96. The summed E-state index contributed by atoms with van der Waals surface area (Å²) >= 11 is 0. The lowest BCUT2D eigenvalue weighted by Crippen LogP contribution is -2.43. The SMILES string of the molecule is C=C/C=C(\c1cc(-c2n[nH]c3ccc(C(/C=C(\C=C)CC)=C/C)nc23)[nH]c1C)N1CCN(C)CC1. The van der Waals surface area contributed by atoms with Crippen LogP contribution in [-0.4, -0.2) is 63.2 Å². The second kappa shape index (κ2) is 10.7. The van der Waals surface area contributed by atoms with Crippen molar-refractivity contribution in [1.29, 1.82) is 0 Å². The van der Waals surface area contributed by atoms with Crippen molar-refractivity contribution in [3.63, 3.8) is 0 Å². The van der Waals surface area contributed by atoms with Crippen LogP contribution in [-0.2, 0) is 0 Å². The van der Waals surface area contributed by atoms with Crippen molar-refractivity contribution >= 4 is 22.3 Å². The molecule has 0 radical (unpaired) electrons. The Labute approximate surface area is 208 Å². The Kier molecular flexibility index (Phi) is 7.51. The molecule has 1 fully saturated rings. The van der Waals surface area contributed by atoms with Crippen molar-refractivity contribution in [2.45, 2.75) is 27.2 Å². The third-order valence-corrected chi connectivity index (χ3v) is 6.69. The van der Waals surface area contributed by atoms with E-state index in [0.717, 1.165) is 72.0 Å². The minimum atomic E-state index is 0.825. The summed E-state index contributed by atoms with van der Waals surface area (Å²) in [6.07, 6.45) is 11.1. The first-order chi connectivity index (χ1) is 17.0. The molecule has 3 aromatic heterocycles. The second-order valence-electron chi connectivity index (χ2n) is 8.99. The molecule has 0 amide bonds. The summed E-state index contributed by atoms with van der Waals surface area (Å²) in [4.78, 5) is 13.4. The van der Waals surface area contributed by atoms with E-state index in [4.69, 9.17) is 4.98 Å². The number of rotatable bonds is 8. The first-order valence-corrected chi connectivity index (χ1v) is 12.3. The lowest BCUT2D eigenvalue weighted by Gasteiger charge is -2.35. The topological polar surface area (TPSA) is 63.8 Å². The van der Waals surface area contributed by atoms with Crippen LogP contribution < -0.4 is 0 Å². The van der Waals surface area contributed by atoms with E-state index in [1.54, 1.807) is 0 Å². The standard InChI is InChI=1S/C29H36N6/c1-7-11-27(35-16-14-34(6)15-17-35)23-19-26(30-20(23)5)29-28-25(32-33-29)13-12-24(31-28)22(10-4)18-21(8-2)9-3/h7-8,10-13,18-19,30H,1-2,9,14-17H2,3-6H3,(H,32,33)/b21-18+,22-10+,27-11+. The fraction of sp³-hybridized carbons (Fsp3) is 0.310. The van der Waals surface area contributed by atoms with Gasteiger partial charge in [-0.15, -0.1) is 0 Å². The molecule has 0 saturated carbocycles. The van der Waals surface area contributed by atoms with E-state index in [1.165, 1.54) is 16.8 Å². The van der Waals surface area contributed by atoms with Gasteiger partial charge in [0.25, 0.3) is 0 Å². The van der Waals surface area contributed by atoms with Crippen molar-refractivity contribution in [3.05, 3.63) is 84.3 Å². The molecule has 6 nitrogen and oxygen atoms in total. The molecule has 1 aliphatic rings. The Morgan fingerprint density at radius 3 is 2.60 bits per heavy atom. The molecule has 0 bridgehead atoms. The lowest BCUT2D eigenvalue weighted by molar-refractivity contribution is 0.207. The summed E-state index contributed by atoms with van der Waals surface area (Å²) in [6, 6.07) is 6.28. The van der Waals surface area contributed by atoms with Gasteiger partial charge in [-0.2, -0.15) is 5.10 Å². The smallest absolute Gasteiger partial charge is 0.135 e. The molecule has 0 aromatic carbocycles. The average Bonchev–Trinajstić information content (AvgIpc) is 3.47. The zero-order chi connectivity index (χ0) is 24.9. The highest BCUT2D eigenvalue weighted by Gasteiger charge is 2.21. The minimum Gasteiger partial charge on any atom is -0.368 e. The van der Waals surface area contributed by atoms with Gasteiger partial charge in [0.2, 0.25) is 0 Å². The van der Waals surface area contributed by atoms with Gasteiger partial charge in [-0.05, 0) is 68.8 Å². The number of hydrogen-bond acceptors (Lipinski definition) is 4. The van der Waals surface area contributed by atoms with Crippen LogP contribution in [0.2, 0.25) is 0 Å². The largest absolute Gasteiger partial charge is 0.368 e. The normalized spacial score (nSPS) is 16.2. The Morgan fingerprint density at radius 2 is 1.94 bits per heavy atom. The van der Waals surface area contributed by atoms with Gasteiger partial charge in [0.05, 0.1) is 16.9 Å². The molecular formula is C29H36N6. The summed E-state index contributed by atoms with van der Waals surface area (Å²) in [6.45, 7) is 18.3. The summed E-state index contributed by atoms with van der Waals surface area (Å²) in [5, 5.41) is 7.79. The minimum absolute atomic E-state index is 0.825. The van der Waals surface area contributed by atoms with Gasteiger partial charge < -0.3 is 14.8 Å². The zero-order valence-electron chi connectivity index (χ0n) is 21.4. The van der Waals surface area contributed by atoms with E-state index in [1.807, 2.05) is 25.1 Å². The van der Waals surface area contributed by atoms with Gasteiger partial charge in [0, 0.05) is 43.1 Å². The first-order valence-electron chi connectivity index (χ1n) is 12.3. The van der Waals surface area contributed by atoms with Crippen LogP contribution >= 0.6 is 0 Å². The molecular weight excluding hydrogens is 432 g/mol. The van der Waals surface area contributed by atoms with Crippen molar-refractivity contribution in [1.82, 2.24) is 30.0 Å². The number of piperazine rings is 1. The van der Waals surface area contributed by atoms with E-state index in [9.17, 15) is 0 Å². The highest BCUT2D eigenvalue weighted by Crippen LogP contribution is 2.32. The van der Waals surface area contributed by atoms with Crippen LogP contribution in [0, 0.1) is 6.92 Å². The van der Waals surface area contributed by atoms with E-state index in [2.05, 4.69) is 89.4 Å². The molecule has 2 N–H and O–H groups in total. The lowest BCUT2D eigenvalue weighted by atomic mass is 10.1. The van der Waals surface area contributed by atoms with Crippen molar-refractivity contribution in [3.8, 4) is 11.4 Å². The summed E-state index contributed by atoms with van der Waals surface area (Å²) in [5.41, 5.74) is 10.2. The molecule has 0 spiro atoms. The third-order valence-electron chi connectivity index (χ3n) is 6.69. The number of aromatic amines is 2. The van der Waals surface area contributed by atoms with E-state index >= 15 is 0 Å². The van der Waals surface area contributed by atoms with Gasteiger partial charge in [0.15, 0.2) is 0 Å². The molecule has 0 atom stereocenters. The van der Waals surface area contributed by atoms with Crippen LogP contribution in [0.25, 0.3) is 33.7 Å². The Balaban J connectivity index is 1.74. The van der Waals surface area contributed by atoms with Crippen molar-refractivity contribution in [2.75, 3.05) is 33.2 Å². The number of allylic oxidation sites excluding steroid dienone is 7. The maximum atomic E-state index is 5.02. The van der Waals surface area contributed by atoms with Gasteiger partial charge >= 0.3 is 0 Å². The Morgan fingerprint density at radius 1 is 1.17 bits per heavy atom. The molecule has 182 valence electrons. The van der Waals surface area contributed by atoms with Crippen molar-refractivity contribution < 1.29 is 0 Å². The number of H-pyrrole nitrogens is 2. The van der Waals surface area contributed by atoms with E-state index in [0.29, 0.717) is 0 Å². The van der Waals surface area contributed by atoms with E-state index in [-0.39, 0.29) is 0 Å². The average molecular weight is 469 g/mol. The summed E-state index contributed by atoms with van der Waals surface area (Å²) < 4.78 is 0. The maximum absolute atomic E-state index is 5.02. The fourth-order valence-corrected chi connectivity index (χ4v) is 4.53. The fourth-order valence-electron chi connectivity index (χ4n) is 4.53. The third kappa shape index (κ3) is 5.08. The molecule has 0 aliphatic carbocycles. The van der Waals surface area contributed by atoms with Gasteiger partial charge in [-0.3, -0.25) is 5.10 Å². The van der Waals surface area contributed by atoms with Crippen LogP contribution in [0.1, 0.15) is 37.2 Å². The second-order valence-corrected chi connectivity index (χ2v) is 8.99. The van der Waals surface area contributed by atoms with Crippen LogP contribution in [0.4, 0.5) is 0 Å². The number of likely N-dealkylation sites (N-methyl/N-ethyl adjacent to an activating group) is 1. The number of pyridine rings is 1. The number of aryl methyl sites for hydroxylation is 1. The van der Waals surface area contributed by atoms with Gasteiger partial charge in [-0.1, -0.05) is 38.3 Å². The quantitative estimate of drug-likeness (QED) is 0.400. The Bertz CT molecular complexity index is 1310. The van der Waals surface area contributed by atoms with Crippen LogP contribution in [0.3, 0.4) is 0 Å². The monoisotopic (exact) mass is 468 g/mol. The predicted molar refractivity (Wildman–Crippen MR) is 148 cm³/mol. The number of fused-ring (bicyclic) bond motifs is 1. The molecule has 35 heavy (non-hydrogen) atoms. The van der Waals surface area contributed by atoms with Crippen LogP contribution in [0.15, 0.2) is 67.3 Å². The highest BCUT2D eigenvalue weighted by atomic mass is 15.3. The molecule has 0 unspecified atom stereocenters. The van der Waals surface area contributed by atoms with Crippen LogP contribution in [0.5, 0.6) is 0 Å². The molecule has 4 heterocycles. The first kappa shape index (κ1) is 24.5. The summed E-state index contributed by atoms with van der Waals surface area (Å²) in [7, 11) is 2.17.